The Balaban J connectivity index is 2.83. The maximum Gasteiger partial charge on any atom is 0.123 e. The van der Waals surface area contributed by atoms with Gasteiger partial charge >= 0.3 is 0 Å². The number of halogens is 1. The summed E-state index contributed by atoms with van der Waals surface area (Å²) in [6, 6.07) is 0. The van der Waals surface area contributed by atoms with Gasteiger partial charge in [0.25, 0.3) is 0 Å². The fraction of sp³-hybridized carbons (Fsp3) is 0.667. The zero-order valence-electron chi connectivity index (χ0n) is 3.49. The largest absolute Gasteiger partial charge is 0.377 e. The van der Waals surface area contributed by atoms with Gasteiger partial charge < -0.3 is 4.74 Å². The molecule has 36 valence electrons. The van der Waals surface area contributed by atoms with Crippen molar-refractivity contribution in [3.8, 4) is 0 Å². The van der Waals surface area contributed by atoms with Gasteiger partial charge in [-0.25, -0.2) is 0 Å². The molecule has 3 heteroatoms. The molecule has 2 nitrogen and oxygen atoms in total. The van der Waals surface area contributed by atoms with E-state index >= 15 is 0 Å². The maximum absolute atomic E-state index is 6.53. The summed E-state index contributed by atoms with van der Waals surface area (Å²) in [6.45, 7) is 0.224. The van der Waals surface area contributed by atoms with E-state index in [1.807, 2.05) is 0 Å². The van der Waals surface area contributed by atoms with Crippen LogP contribution in [0.15, 0.2) is 0 Å². The Hall–Kier alpha value is -0.0800. The van der Waals surface area contributed by atoms with Crippen LogP contribution >= 0.6 is 11.6 Å². The van der Waals surface area contributed by atoms with Crippen LogP contribution < -0.4 is 0 Å². The molecule has 0 atom stereocenters. The molecule has 0 aliphatic rings. The molecule has 0 saturated heterocycles. The van der Waals surface area contributed by atoms with Crippen LogP contribution in [0.25, 0.3) is 0 Å². The van der Waals surface area contributed by atoms with E-state index in [9.17, 15) is 0 Å². The van der Waals surface area contributed by atoms with E-state index in [1.165, 1.54) is 7.11 Å². The van der Waals surface area contributed by atoms with Gasteiger partial charge in [0.2, 0.25) is 0 Å². The standard InChI is InChI=1S/C3H6ClNO/c1-6-2-3(4)5/h5H,2H2,1H3. The molecule has 0 radical (unpaired) electrons. The molecule has 0 spiro atoms. The maximum atomic E-state index is 6.53. The summed E-state index contributed by atoms with van der Waals surface area (Å²) in [5.41, 5.74) is 0. The minimum Gasteiger partial charge on any atom is -0.377 e. The Kier molecular flexibility index (Phi) is 3.08. The first kappa shape index (κ1) is 5.92. The van der Waals surface area contributed by atoms with Crippen LogP contribution in [0, 0.1) is 5.41 Å². The Morgan fingerprint density at radius 2 is 2.50 bits per heavy atom. The van der Waals surface area contributed by atoms with Crippen molar-refractivity contribution < 1.29 is 4.74 Å². The number of hydrogen-bond acceptors (Lipinski definition) is 2. The van der Waals surface area contributed by atoms with Crippen LogP contribution in [-0.4, -0.2) is 18.9 Å². The molecule has 0 saturated carbocycles. The molecule has 0 aromatic rings. The Morgan fingerprint density at radius 1 is 2.00 bits per heavy atom. The third-order valence-electron chi connectivity index (χ3n) is 0.271. The highest BCUT2D eigenvalue weighted by atomic mass is 35.5. The zero-order chi connectivity index (χ0) is 4.99. The van der Waals surface area contributed by atoms with Crippen molar-refractivity contribution in [1.29, 1.82) is 5.41 Å². The molecular formula is C3H6ClNO. The number of hydrogen-bond donors (Lipinski definition) is 1. The first-order valence-corrected chi connectivity index (χ1v) is 1.87. The lowest BCUT2D eigenvalue weighted by Gasteiger charge is -1.86. The third kappa shape index (κ3) is 3.92. The molecule has 0 heterocycles. The number of methoxy groups -OCH3 is 1. The summed E-state index contributed by atoms with van der Waals surface area (Å²) in [5.74, 6) is 0. The number of ether oxygens (including phenoxy) is 1. The van der Waals surface area contributed by atoms with E-state index < -0.39 is 0 Å². The molecular weight excluding hydrogens is 101 g/mol. The first-order valence-electron chi connectivity index (χ1n) is 1.49. The van der Waals surface area contributed by atoms with Crippen molar-refractivity contribution in [3.05, 3.63) is 0 Å². The molecule has 6 heavy (non-hydrogen) atoms. The second-order valence-corrected chi connectivity index (χ2v) is 1.29. The van der Waals surface area contributed by atoms with Gasteiger partial charge in [-0.3, -0.25) is 5.41 Å². The molecule has 0 rings (SSSR count). The Labute approximate surface area is 41.6 Å². The van der Waals surface area contributed by atoms with E-state index in [-0.39, 0.29) is 11.8 Å². The van der Waals surface area contributed by atoms with Crippen molar-refractivity contribution in [3.63, 3.8) is 0 Å². The second-order valence-electron chi connectivity index (χ2n) is 0.838. The minimum absolute atomic E-state index is 0.0394. The fourth-order valence-corrected chi connectivity index (χ4v) is 0.236. The van der Waals surface area contributed by atoms with Gasteiger partial charge in [0, 0.05) is 7.11 Å². The van der Waals surface area contributed by atoms with Crippen LogP contribution in [-0.2, 0) is 4.74 Å². The number of nitrogens with one attached hydrogen (secondary N) is 1. The highest BCUT2D eigenvalue weighted by Crippen LogP contribution is 1.77. The van der Waals surface area contributed by atoms with Crippen LogP contribution in [0.4, 0.5) is 0 Å². The van der Waals surface area contributed by atoms with E-state index in [1.54, 1.807) is 0 Å². The van der Waals surface area contributed by atoms with E-state index in [0.717, 1.165) is 0 Å². The molecule has 0 amide bonds. The molecule has 0 fully saturated rings. The van der Waals surface area contributed by atoms with Gasteiger partial charge in [-0.2, -0.15) is 0 Å². The number of rotatable bonds is 2. The van der Waals surface area contributed by atoms with Gasteiger partial charge in [0.1, 0.15) is 5.17 Å². The predicted octanol–water partition coefficient (Wildman–Crippen LogP) is 0.849. The summed E-state index contributed by atoms with van der Waals surface area (Å²) in [5, 5.41) is 6.57. The second kappa shape index (κ2) is 3.12. The summed E-state index contributed by atoms with van der Waals surface area (Å²) in [6.07, 6.45) is 0. The smallest absolute Gasteiger partial charge is 0.123 e. The van der Waals surface area contributed by atoms with Crippen molar-refractivity contribution in [2.45, 2.75) is 0 Å². The molecule has 0 aliphatic heterocycles. The van der Waals surface area contributed by atoms with Crippen molar-refractivity contribution >= 4 is 16.8 Å². The lowest BCUT2D eigenvalue weighted by Crippen LogP contribution is -1.94. The van der Waals surface area contributed by atoms with Crippen molar-refractivity contribution in [2.75, 3.05) is 13.7 Å². The molecule has 0 bridgehead atoms. The van der Waals surface area contributed by atoms with Crippen LogP contribution in [0.2, 0.25) is 0 Å². The summed E-state index contributed by atoms with van der Waals surface area (Å²) in [4.78, 5) is 0. The van der Waals surface area contributed by atoms with Gasteiger partial charge in [-0.15, -0.1) is 0 Å². The molecule has 0 unspecified atom stereocenters. The highest BCUT2D eigenvalue weighted by Gasteiger charge is 1.81. The van der Waals surface area contributed by atoms with Crippen LogP contribution in [0.5, 0.6) is 0 Å². The zero-order valence-corrected chi connectivity index (χ0v) is 4.25. The normalized spacial score (nSPS) is 8.33. The topological polar surface area (TPSA) is 33.1 Å². The van der Waals surface area contributed by atoms with E-state index in [4.69, 9.17) is 17.0 Å². The van der Waals surface area contributed by atoms with Gasteiger partial charge in [-0.05, 0) is 0 Å². The molecule has 0 aromatic carbocycles. The van der Waals surface area contributed by atoms with Crippen molar-refractivity contribution in [2.24, 2.45) is 0 Å². The van der Waals surface area contributed by atoms with Gasteiger partial charge in [0.05, 0.1) is 6.61 Å². The quantitative estimate of drug-likeness (QED) is 0.522. The molecule has 0 aromatic heterocycles. The summed E-state index contributed by atoms with van der Waals surface area (Å²) < 4.78 is 4.45. The Bertz CT molecular complexity index is 54.8. The highest BCUT2D eigenvalue weighted by molar-refractivity contribution is 6.64. The van der Waals surface area contributed by atoms with Crippen molar-refractivity contribution in [1.82, 2.24) is 0 Å². The average molecular weight is 108 g/mol. The fourth-order valence-electron chi connectivity index (χ4n) is 0.127. The summed E-state index contributed by atoms with van der Waals surface area (Å²) in [7, 11) is 1.50. The van der Waals surface area contributed by atoms with Crippen LogP contribution in [0.1, 0.15) is 0 Å². The SMILES string of the molecule is COCC(=N)Cl. The lowest BCUT2D eigenvalue weighted by atomic mass is 10.8. The van der Waals surface area contributed by atoms with Gasteiger partial charge in [-0.1, -0.05) is 11.6 Å². The molecule has 0 aliphatic carbocycles. The predicted molar refractivity (Wildman–Crippen MR) is 25.5 cm³/mol. The Morgan fingerprint density at radius 3 is 2.50 bits per heavy atom. The molecule has 1 N–H and O–H groups in total. The minimum atomic E-state index is 0.0394. The van der Waals surface area contributed by atoms with Crippen LogP contribution in [0.3, 0.4) is 0 Å². The monoisotopic (exact) mass is 107 g/mol. The summed E-state index contributed by atoms with van der Waals surface area (Å²) >= 11 is 5.04. The van der Waals surface area contributed by atoms with Gasteiger partial charge in [0.15, 0.2) is 0 Å². The first-order chi connectivity index (χ1) is 2.77. The third-order valence-corrected chi connectivity index (χ3v) is 0.380. The van der Waals surface area contributed by atoms with E-state index in [0.29, 0.717) is 0 Å². The lowest BCUT2D eigenvalue weighted by molar-refractivity contribution is 0.246. The van der Waals surface area contributed by atoms with E-state index in [2.05, 4.69) is 4.74 Å². The average Bonchev–Trinajstić information content (AvgIpc) is 1.35.